The molecule has 0 radical (unpaired) electrons. The molecule has 5 heteroatoms. The Hall–Kier alpha value is -0.420. The quantitative estimate of drug-likeness (QED) is 0.585. The SMILES string of the molecule is CS(=O)CCN1CNCC1=O. The van der Waals surface area contributed by atoms with Gasteiger partial charge in [-0.2, -0.15) is 0 Å². The van der Waals surface area contributed by atoms with Gasteiger partial charge in [0.05, 0.1) is 13.2 Å². The highest BCUT2D eigenvalue weighted by Crippen LogP contribution is 1.94. The first kappa shape index (κ1) is 8.67. The van der Waals surface area contributed by atoms with E-state index >= 15 is 0 Å². The fourth-order valence-electron chi connectivity index (χ4n) is 0.940. The second-order valence-electron chi connectivity index (χ2n) is 2.52. The molecule has 1 heterocycles. The molecule has 1 N–H and O–H groups in total. The van der Waals surface area contributed by atoms with Crippen molar-refractivity contribution in [2.75, 3.05) is 31.8 Å². The summed E-state index contributed by atoms with van der Waals surface area (Å²) in [5.41, 5.74) is 0. The van der Waals surface area contributed by atoms with Gasteiger partial charge in [0.25, 0.3) is 0 Å². The van der Waals surface area contributed by atoms with Crippen LogP contribution in [0.15, 0.2) is 0 Å². The molecule has 0 aromatic carbocycles. The van der Waals surface area contributed by atoms with Gasteiger partial charge in [-0.1, -0.05) is 0 Å². The van der Waals surface area contributed by atoms with Crippen molar-refractivity contribution in [3.05, 3.63) is 0 Å². The van der Waals surface area contributed by atoms with Crippen LogP contribution in [0.1, 0.15) is 0 Å². The number of nitrogens with zero attached hydrogens (tertiary/aromatic N) is 1. The standard InChI is InChI=1S/C6H12N2O2S/c1-11(10)3-2-8-5-7-4-6(8)9/h7H,2-5H2,1H3. The van der Waals surface area contributed by atoms with E-state index in [1.807, 2.05) is 0 Å². The van der Waals surface area contributed by atoms with E-state index in [0.29, 0.717) is 25.5 Å². The van der Waals surface area contributed by atoms with Crippen molar-refractivity contribution >= 4 is 16.7 Å². The van der Waals surface area contributed by atoms with Crippen LogP contribution in [0.25, 0.3) is 0 Å². The molecule has 0 bridgehead atoms. The summed E-state index contributed by atoms with van der Waals surface area (Å²) >= 11 is 0. The molecule has 4 nitrogen and oxygen atoms in total. The smallest absolute Gasteiger partial charge is 0.237 e. The van der Waals surface area contributed by atoms with Crippen LogP contribution < -0.4 is 5.32 Å². The van der Waals surface area contributed by atoms with Gasteiger partial charge in [0, 0.05) is 29.4 Å². The summed E-state index contributed by atoms with van der Waals surface area (Å²) < 4.78 is 10.7. The van der Waals surface area contributed by atoms with Crippen molar-refractivity contribution in [1.82, 2.24) is 10.2 Å². The van der Waals surface area contributed by atoms with Crippen molar-refractivity contribution in [3.8, 4) is 0 Å². The Kier molecular flexibility index (Phi) is 3.02. The van der Waals surface area contributed by atoms with Gasteiger partial charge in [0.2, 0.25) is 5.91 Å². The van der Waals surface area contributed by atoms with E-state index in [1.165, 1.54) is 0 Å². The Morgan fingerprint density at radius 3 is 2.91 bits per heavy atom. The third-order valence-corrected chi connectivity index (χ3v) is 2.34. The van der Waals surface area contributed by atoms with Crippen LogP contribution in [0.2, 0.25) is 0 Å². The molecule has 1 rings (SSSR count). The average molecular weight is 176 g/mol. The Morgan fingerprint density at radius 2 is 2.45 bits per heavy atom. The number of hydrogen-bond donors (Lipinski definition) is 1. The molecule has 0 saturated carbocycles. The lowest BCUT2D eigenvalue weighted by Crippen LogP contribution is -2.30. The maximum absolute atomic E-state index is 11.0. The van der Waals surface area contributed by atoms with Gasteiger partial charge in [-0.05, 0) is 0 Å². The van der Waals surface area contributed by atoms with Gasteiger partial charge >= 0.3 is 0 Å². The average Bonchev–Trinajstić information content (AvgIpc) is 2.31. The highest BCUT2D eigenvalue weighted by molar-refractivity contribution is 7.84. The summed E-state index contributed by atoms with van der Waals surface area (Å²) in [5.74, 6) is 0.684. The van der Waals surface area contributed by atoms with Gasteiger partial charge in [0.1, 0.15) is 0 Å². The summed E-state index contributed by atoms with van der Waals surface area (Å²) in [7, 11) is -0.798. The molecule has 11 heavy (non-hydrogen) atoms. The van der Waals surface area contributed by atoms with Gasteiger partial charge in [0.15, 0.2) is 0 Å². The van der Waals surface area contributed by atoms with Crippen LogP contribution in [-0.4, -0.2) is 46.8 Å². The summed E-state index contributed by atoms with van der Waals surface area (Å²) in [6.45, 7) is 1.64. The Labute approximate surface area is 68.4 Å². The normalized spacial score (nSPS) is 20.8. The van der Waals surface area contributed by atoms with Crippen LogP contribution in [0.3, 0.4) is 0 Å². The molecule has 1 saturated heterocycles. The van der Waals surface area contributed by atoms with Crippen LogP contribution in [0.5, 0.6) is 0 Å². The Bertz CT molecular complexity index is 183. The van der Waals surface area contributed by atoms with Crippen LogP contribution in [0, 0.1) is 0 Å². The van der Waals surface area contributed by atoms with E-state index < -0.39 is 10.8 Å². The molecule has 0 aliphatic carbocycles. The molecule has 0 spiro atoms. The summed E-state index contributed by atoms with van der Waals surface area (Å²) in [5, 5.41) is 2.92. The van der Waals surface area contributed by atoms with E-state index in [0.717, 1.165) is 0 Å². The first-order valence-corrected chi connectivity index (χ1v) is 5.21. The van der Waals surface area contributed by atoms with Crippen molar-refractivity contribution < 1.29 is 9.00 Å². The third-order valence-electron chi connectivity index (χ3n) is 1.58. The van der Waals surface area contributed by atoms with Gasteiger partial charge in [-0.3, -0.25) is 14.3 Å². The monoisotopic (exact) mass is 176 g/mol. The largest absolute Gasteiger partial charge is 0.328 e. The van der Waals surface area contributed by atoms with E-state index in [1.54, 1.807) is 11.2 Å². The fourth-order valence-corrected chi connectivity index (χ4v) is 1.42. The van der Waals surface area contributed by atoms with E-state index in [4.69, 9.17) is 0 Å². The summed E-state index contributed by atoms with van der Waals surface area (Å²) in [6, 6.07) is 0. The molecule has 1 atom stereocenters. The highest BCUT2D eigenvalue weighted by atomic mass is 32.2. The Morgan fingerprint density at radius 1 is 1.73 bits per heavy atom. The maximum Gasteiger partial charge on any atom is 0.237 e. The van der Waals surface area contributed by atoms with E-state index in [9.17, 15) is 9.00 Å². The van der Waals surface area contributed by atoms with E-state index in [2.05, 4.69) is 5.32 Å². The zero-order valence-electron chi connectivity index (χ0n) is 6.50. The zero-order chi connectivity index (χ0) is 8.27. The number of rotatable bonds is 3. The van der Waals surface area contributed by atoms with E-state index in [-0.39, 0.29) is 5.91 Å². The van der Waals surface area contributed by atoms with Crippen molar-refractivity contribution in [1.29, 1.82) is 0 Å². The third kappa shape index (κ3) is 2.59. The molecule has 1 fully saturated rings. The number of nitrogens with one attached hydrogen (secondary N) is 1. The van der Waals surface area contributed by atoms with Crippen molar-refractivity contribution in [2.24, 2.45) is 0 Å². The van der Waals surface area contributed by atoms with Gasteiger partial charge in [-0.15, -0.1) is 0 Å². The van der Waals surface area contributed by atoms with Crippen LogP contribution in [0.4, 0.5) is 0 Å². The first-order valence-electron chi connectivity index (χ1n) is 3.48. The number of hydrogen-bond acceptors (Lipinski definition) is 3. The lowest BCUT2D eigenvalue weighted by Gasteiger charge is -2.12. The predicted molar refractivity (Wildman–Crippen MR) is 43.5 cm³/mol. The zero-order valence-corrected chi connectivity index (χ0v) is 7.32. The molecular formula is C6H12N2O2S. The number of amides is 1. The maximum atomic E-state index is 11.0. The van der Waals surface area contributed by atoms with Crippen molar-refractivity contribution in [2.45, 2.75) is 0 Å². The second kappa shape index (κ2) is 3.82. The highest BCUT2D eigenvalue weighted by Gasteiger charge is 2.18. The topological polar surface area (TPSA) is 49.4 Å². The predicted octanol–water partition coefficient (Wildman–Crippen LogP) is -1.25. The minimum atomic E-state index is -0.798. The lowest BCUT2D eigenvalue weighted by molar-refractivity contribution is -0.126. The Balaban J connectivity index is 2.26. The van der Waals surface area contributed by atoms with Gasteiger partial charge < -0.3 is 4.90 Å². The van der Waals surface area contributed by atoms with Gasteiger partial charge in [-0.25, -0.2) is 0 Å². The molecule has 1 amide bonds. The molecule has 1 unspecified atom stereocenters. The van der Waals surface area contributed by atoms with Crippen LogP contribution >= 0.6 is 0 Å². The molecule has 0 aromatic heterocycles. The molecule has 1 aliphatic heterocycles. The molecule has 64 valence electrons. The number of carbonyl (C=O) groups excluding carboxylic acids is 1. The second-order valence-corrected chi connectivity index (χ2v) is 4.07. The molecule has 1 aliphatic rings. The number of carbonyl (C=O) groups is 1. The molecular weight excluding hydrogens is 164 g/mol. The summed E-state index contributed by atoms with van der Waals surface area (Å²) in [4.78, 5) is 12.6. The summed E-state index contributed by atoms with van der Waals surface area (Å²) in [6.07, 6.45) is 1.65. The molecule has 0 aromatic rings. The van der Waals surface area contributed by atoms with Crippen LogP contribution in [-0.2, 0) is 15.6 Å². The lowest BCUT2D eigenvalue weighted by atomic mass is 10.5. The fraction of sp³-hybridized carbons (Fsp3) is 0.833. The minimum Gasteiger partial charge on any atom is -0.328 e. The van der Waals surface area contributed by atoms with Crippen molar-refractivity contribution in [3.63, 3.8) is 0 Å². The first-order chi connectivity index (χ1) is 5.20. The minimum absolute atomic E-state index is 0.107.